The molecule has 1 saturated heterocycles. The summed E-state index contributed by atoms with van der Waals surface area (Å²) in [5.41, 5.74) is 2.31. The molecule has 1 aromatic rings. The third-order valence-electron chi connectivity index (χ3n) is 4.43. The standard InChI is InChI=1S/C18H27NO3S/c1-13(2)16-7-5-15(6-8-16)11-19(18(20)14(3)4)17-9-10-23(21,22)12-17/h5-8,13-14,17H,9-12H2,1-4H3/t17-/m1/s1. The molecule has 0 aliphatic carbocycles. The molecule has 1 heterocycles. The van der Waals surface area contributed by atoms with Crippen molar-refractivity contribution in [3.8, 4) is 0 Å². The Balaban J connectivity index is 2.19. The fourth-order valence-electron chi connectivity index (χ4n) is 2.94. The van der Waals surface area contributed by atoms with E-state index in [1.165, 1.54) is 5.56 Å². The van der Waals surface area contributed by atoms with Gasteiger partial charge in [-0.1, -0.05) is 52.0 Å². The lowest BCUT2D eigenvalue weighted by molar-refractivity contribution is -0.137. The van der Waals surface area contributed by atoms with Gasteiger partial charge in [0.05, 0.1) is 11.5 Å². The summed E-state index contributed by atoms with van der Waals surface area (Å²) in [6.45, 7) is 8.50. The fraction of sp³-hybridized carbons (Fsp3) is 0.611. The number of amides is 1. The zero-order chi connectivity index (χ0) is 17.2. The zero-order valence-corrected chi connectivity index (χ0v) is 15.3. The Morgan fingerprint density at radius 1 is 1.17 bits per heavy atom. The van der Waals surface area contributed by atoms with Crippen LogP contribution in [0.5, 0.6) is 0 Å². The number of nitrogens with zero attached hydrogens (tertiary/aromatic N) is 1. The SMILES string of the molecule is CC(C)C(=O)N(Cc1ccc(C(C)C)cc1)[C@@H]1CCS(=O)(=O)C1. The molecule has 128 valence electrons. The van der Waals surface area contributed by atoms with E-state index in [1.807, 2.05) is 26.0 Å². The van der Waals surface area contributed by atoms with Crippen LogP contribution < -0.4 is 0 Å². The second-order valence-corrected chi connectivity index (χ2v) is 9.30. The number of sulfone groups is 1. The highest BCUT2D eigenvalue weighted by molar-refractivity contribution is 7.91. The van der Waals surface area contributed by atoms with Crippen molar-refractivity contribution in [2.24, 2.45) is 5.92 Å². The maximum atomic E-state index is 12.6. The van der Waals surface area contributed by atoms with Crippen LogP contribution >= 0.6 is 0 Å². The molecule has 0 radical (unpaired) electrons. The van der Waals surface area contributed by atoms with Crippen LogP contribution in [-0.4, -0.2) is 36.8 Å². The summed E-state index contributed by atoms with van der Waals surface area (Å²) in [5, 5.41) is 0. The van der Waals surface area contributed by atoms with Crippen molar-refractivity contribution in [3.63, 3.8) is 0 Å². The van der Waals surface area contributed by atoms with Gasteiger partial charge in [0, 0.05) is 18.5 Å². The minimum absolute atomic E-state index is 0.0278. The van der Waals surface area contributed by atoms with E-state index in [-0.39, 0.29) is 29.4 Å². The largest absolute Gasteiger partial charge is 0.334 e. The molecule has 1 amide bonds. The van der Waals surface area contributed by atoms with Crippen molar-refractivity contribution < 1.29 is 13.2 Å². The Bertz CT molecular complexity index is 647. The molecule has 0 saturated carbocycles. The normalized spacial score (nSPS) is 20.2. The Morgan fingerprint density at radius 3 is 2.22 bits per heavy atom. The van der Waals surface area contributed by atoms with Gasteiger partial charge in [-0.3, -0.25) is 4.79 Å². The minimum Gasteiger partial charge on any atom is -0.334 e. The van der Waals surface area contributed by atoms with Gasteiger partial charge in [-0.15, -0.1) is 0 Å². The van der Waals surface area contributed by atoms with E-state index in [9.17, 15) is 13.2 Å². The van der Waals surface area contributed by atoms with Crippen molar-refractivity contribution in [1.29, 1.82) is 0 Å². The van der Waals surface area contributed by atoms with Crippen molar-refractivity contribution in [1.82, 2.24) is 4.90 Å². The molecular formula is C18H27NO3S. The topological polar surface area (TPSA) is 54.5 Å². The van der Waals surface area contributed by atoms with E-state index in [2.05, 4.69) is 26.0 Å². The average molecular weight is 337 g/mol. The molecule has 0 unspecified atom stereocenters. The highest BCUT2D eigenvalue weighted by atomic mass is 32.2. The van der Waals surface area contributed by atoms with E-state index >= 15 is 0 Å². The van der Waals surface area contributed by atoms with Gasteiger partial charge in [0.15, 0.2) is 9.84 Å². The second kappa shape index (κ2) is 7.04. The van der Waals surface area contributed by atoms with Crippen LogP contribution in [0.2, 0.25) is 0 Å². The van der Waals surface area contributed by atoms with Crippen molar-refractivity contribution >= 4 is 15.7 Å². The molecule has 5 heteroatoms. The lowest BCUT2D eigenvalue weighted by atomic mass is 10.0. The van der Waals surface area contributed by atoms with Crippen molar-refractivity contribution in [2.45, 2.75) is 52.6 Å². The van der Waals surface area contributed by atoms with Crippen LogP contribution in [0.15, 0.2) is 24.3 Å². The first-order valence-electron chi connectivity index (χ1n) is 8.29. The van der Waals surface area contributed by atoms with Crippen molar-refractivity contribution in [3.05, 3.63) is 35.4 Å². The molecule has 1 fully saturated rings. The van der Waals surface area contributed by atoms with Crippen LogP contribution in [0.3, 0.4) is 0 Å². The zero-order valence-electron chi connectivity index (χ0n) is 14.5. The van der Waals surface area contributed by atoms with Gasteiger partial charge in [0.25, 0.3) is 0 Å². The Hall–Kier alpha value is -1.36. The first kappa shape index (κ1) is 18.0. The van der Waals surface area contributed by atoms with E-state index in [4.69, 9.17) is 0 Å². The molecule has 23 heavy (non-hydrogen) atoms. The van der Waals surface area contributed by atoms with Gasteiger partial charge in [-0.25, -0.2) is 8.42 Å². The van der Waals surface area contributed by atoms with Gasteiger partial charge in [-0.05, 0) is 23.5 Å². The number of carbonyl (C=O) groups is 1. The summed E-state index contributed by atoms with van der Waals surface area (Å²) in [6.07, 6.45) is 0.546. The molecule has 0 spiro atoms. The van der Waals surface area contributed by atoms with Gasteiger partial charge in [0.1, 0.15) is 0 Å². The summed E-state index contributed by atoms with van der Waals surface area (Å²) < 4.78 is 23.5. The molecule has 1 aromatic carbocycles. The third-order valence-corrected chi connectivity index (χ3v) is 6.18. The van der Waals surface area contributed by atoms with Gasteiger partial charge in [0.2, 0.25) is 5.91 Å². The number of carbonyl (C=O) groups excluding carboxylic acids is 1. The molecule has 4 nitrogen and oxygen atoms in total. The van der Waals surface area contributed by atoms with Gasteiger partial charge in [-0.2, -0.15) is 0 Å². The van der Waals surface area contributed by atoms with Crippen molar-refractivity contribution in [2.75, 3.05) is 11.5 Å². The predicted octanol–water partition coefficient (Wildman–Crippen LogP) is 2.98. The lowest BCUT2D eigenvalue weighted by Crippen LogP contribution is -2.42. The number of hydrogen-bond acceptors (Lipinski definition) is 3. The summed E-state index contributed by atoms with van der Waals surface area (Å²) in [7, 11) is -3.00. The molecule has 0 N–H and O–H groups in total. The van der Waals surface area contributed by atoms with E-state index < -0.39 is 9.84 Å². The van der Waals surface area contributed by atoms with Crippen LogP contribution in [-0.2, 0) is 21.2 Å². The maximum absolute atomic E-state index is 12.6. The number of hydrogen-bond donors (Lipinski definition) is 0. The smallest absolute Gasteiger partial charge is 0.225 e. The van der Waals surface area contributed by atoms with E-state index in [0.29, 0.717) is 18.9 Å². The van der Waals surface area contributed by atoms with Gasteiger partial charge < -0.3 is 4.90 Å². The second-order valence-electron chi connectivity index (χ2n) is 7.07. The van der Waals surface area contributed by atoms with Crippen LogP contribution in [0.25, 0.3) is 0 Å². The number of rotatable bonds is 5. The quantitative estimate of drug-likeness (QED) is 0.830. The molecular weight excluding hydrogens is 310 g/mol. The highest BCUT2D eigenvalue weighted by Gasteiger charge is 2.35. The summed E-state index contributed by atoms with van der Waals surface area (Å²) >= 11 is 0. The summed E-state index contributed by atoms with van der Waals surface area (Å²) in [6, 6.07) is 8.06. The van der Waals surface area contributed by atoms with E-state index in [1.54, 1.807) is 4.90 Å². The molecule has 2 rings (SSSR count). The molecule has 1 atom stereocenters. The van der Waals surface area contributed by atoms with Crippen LogP contribution in [0.4, 0.5) is 0 Å². The lowest BCUT2D eigenvalue weighted by Gasteiger charge is -2.30. The minimum atomic E-state index is -3.00. The van der Waals surface area contributed by atoms with Crippen LogP contribution in [0.1, 0.15) is 51.2 Å². The summed E-state index contributed by atoms with van der Waals surface area (Å²) in [4.78, 5) is 14.3. The monoisotopic (exact) mass is 337 g/mol. The Kier molecular flexibility index (Phi) is 5.50. The Morgan fingerprint density at radius 2 is 1.78 bits per heavy atom. The third kappa shape index (κ3) is 4.56. The number of benzene rings is 1. The first-order valence-corrected chi connectivity index (χ1v) is 10.1. The predicted molar refractivity (Wildman–Crippen MR) is 93.0 cm³/mol. The average Bonchev–Trinajstić information content (AvgIpc) is 2.84. The van der Waals surface area contributed by atoms with Gasteiger partial charge >= 0.3 is 0 Å². The Labute approximate surface area is 139 Å². The fourth-order valence-corrected chi connectivity index (χ4v) is 4.68. The van der Waals surface area contributed by atoms with Crippen LogP contribution in [0, 0.1) is 5.92 Å². The molecule has 0 bridgehead atoms. The van der Waals surface area contributed by atoms with E-state index in [0.717, 1.165) is 5.56 Å². The molecule has 1 aliphatic heterocycles. The molecule has 0 aromatic heterocycles. The maximum Gasteiger partial charge on any atom is 0.225 e. The summed E-state index contributed by atoms with van der Waals surface area (Å²) in [5.74, 6) is 0.646. The molecule has 1 aliphatic rings. The highest BCUT2D eigenvalue weighted by Crippen LogP contribution is 2.23. The first-order chi connectivity index (χ1) is 10.7.